The van der Waals surface area contributed by atoms with Gasteiger partial charge >= 0.3 is 33.4 Å². The van der Waals surface area contributed by atoms with Crippen molar-refractivity contribution >= 4 is 20.4 Å². The van der Waals surface area contributed by atoms with Gasteiger partial charge in [0.2, 0.25) is 0 Å². The Kier molecular flexibility index (Phi) is 7.59. The number of benzene rings is 3. The van der Waals surface area contributed by atoms with Crippen LogP contribution in [0.5, 0.6) is 0 Å². The first-order valence-electron chi connectivity index (χ1n) is 9.87. The standard InChI is InChI=1S/C22H13F11O3S2/c23-14-11-12-18(17(24)13-14)37(15-7-3-1-4-8-15,16-9-5-2-6-10-16)36-38(34,35)22(32,33)20(27,28)19(25,26)21(29,30)31/h1-13H. The largest absolute Gasteiger partial charge is 0.460 e. The van der Waals surface area contributed by atoms with Gasteiger partial charge in [-0.15, -0.1) is 0 Å². The summed E-state index contributed by atoms with van der Waals surface area (Å²) in [5.74, 6) is -18.0. The van der Waals surface area contributed by atoms with Gasteiger partial charge < -0.3 is 0 Å². The van der Waals surface area contributed by atoms with E-state index < -0.39 is 70.0 Å². The SMILES string of the molecule is O=S(=O)(OS(c1ccccc1)(c1ccccc1)c1ccc(F)cc1F)C(F)(F)C(F)(F)C(F)(F)C(F)(F)F. The number of hydrogen-bond acceptors (Lipinski definition) is 3. The van der Waals surface area contributed by atoms with Gasteiger partial charge in [-0.3, -0.25) is 0 Å². The fourth-order valence-electron chi connectivity index (χ4n) is 3.13. The van der Waals surface area contributed by atoms with Crippen LogP contribution in [0.4, 0.5) is 48.3 Å². The number of halogens is 11. The Balaban J connectivity index is 2.39. The minimum Gasteiger partial charge on any atom is -0.207 e. The molecule has 3 nitrogen and oxygen atoms in total. The van der Waals surface area contributed by atoms with E-state index in [-0.39, 0.29) is 6.07 Å². The molecule has 3 aromatic rings. The molecule has 0 fully saturated rings. The van der Waals surface area contributed by atoms with Gasteiger partial charge in [-0.2, -0.15) is 47.9 Å². The summed E-state index contributed by atoms with van der Waals surface area (Å²) in [6.07, 6.45) is -7.30. The molecule has 0 bridgehead atoms. The van der Waals surface area contributed by atoms with E-state index in [0.29, 0.717) is 12.1 Å². The lowest BCUT2D eigenvalue weighted by atomic mass is 10.1. The molecule has 0 heterocycles. The highest BCUT2D eigenvalue weighted by atomic mass is 32.3. The van der Waals surface area contributed by atoms with Crippen molar-refractivity contribution in [1.29, 1.82) is 0 Å². The Labute approximate surface area is 209 Å². The van der Waals surface area contributed by atoms with Crippen molar-refractivity contribution in [2.75, 3.05) is 0 Å². The Bertz CT molecular complexity index is 1360. The van der Waals surface area contributed by atoms with Crippen LogP contribution in [0.25, 0.3) is 0 Å². The second-order valence-corrected chi connectivity index (χ2v) is 11.9. The van der Waals surface area contributed by atoms with E-state index in [4.69, 9.17) is 0 Å². The summed E-state index contributed by atoms with van der Waals surface area (Å²) in [7, 11) is -12.0. The molecule has 3 rings (SSSR count). The highest BCUT2D eigenvalue weighted by Gasteiger charge is 2.86. The van der Waals surface area contributed by atoms with Crippen LogP contribution in [-0.4, -0.2) is 31.7 Å². The average molecular weight is 598 g/mol. The summed E-state index contributed by atoms with van der Waals surface area (Å²) in [6.45, 7) is 0. The monoisotopic (exact) mass is 598 g/mol. The lowest BCUT2D eigenvalue weighted by molar-refractivity contribution is -0.382. The van der Waals surface area contributed by atoms with E-state index in [1.54, 1.807) is 0 Å². The van der Waals surface area contributed by atoms with Crippen LogP contribution in [-0.2, 0) is 13.7 Å². The van der Waals surface area contributed by atoms with Gasteiger partial charge in [0.25, 0.3) is 0 Å². The van der Waals surface area contributed by atoms with E-state index in [1.807, 2.05) is 0 Å². The summed E-state index contributed by atoms with van der Waals surface area (Å²) in [5, 5.41) is -7.21. The third-order valence-corrected chi connectivity index (χ3v) is 10.2. The molecule has 3 aromatic carbocycles. The van der Waals surface area contributed by atoms with Crippen LogP contribution in [0.3, 0.4) is 0 Å². The molecule has 0 aliphatic rings. The minimum atomic E-state index is -7.59. The molecule has 0 unspecified atom stereocenters. The number of hydrogen-bond donors (Lipinski definition) is 0. The van der Waals surface area contributed by atoms with E-state index in [9.17, 15) is 52.3 Å². The van der Waals surface area contributed by atoms with Gasteiger partial charge in [0, 0.05) is 15.9 Å². The molecule has 0 radical (unpaired) electrons. The van der Waals surface area contributed by atoms with Gasteiger partial charge in [0.05, 0.1) is 4.90 Å². The number of rotatable bonds is 8. The summed E-state index contributed by atoms with van der Waals surface area (Å²) < 4.78 is 181. The molecule has 0 aliphatic carbocycles. The molecule has 208 valence electrons. The maximum absolute atomic E-state index is 15.1. The summed E-state index contributed by atoms with van der Waals surface area (Å²) in [6, 6.07) is 12.4. The van der Waals surface area contributed by atoms with E-state index >= 15 is 4.39 Å². The highest BCUT2D eigenvalue weighted by Crippen LogP contribution is 2.72. The molecule has 0 amide bonds. The van der Waals surface area contributed by atoms with E-state index in [1.165, 1.54) is 12.1 Å². The Morgan fingerprint density at radius 3 is 1.45 bits per heavy atom. The molecular weight excluding hydrogens is 585 g/mol. The minimum absolute atomic E-state index is 0.170. The van der Waals surface area contributed by atoms with Crippen molar-refractivity contribution in [2.24, 2.45) is 0 Å². The van der Waals surface area contributed by atoms with E-state index in [0.717, 1.165) is 48.5 Å². The molecule has 0 saturated carbocycles. The van der Waals surface area contributed by atoms with Gasteiger partial charge in [0.1, 0.15) is 11.6 Å². The Morgan fingerprint density at radius 1 is 0.605 bits per heavy atom. The van der Waals surface area contributed by atoms with Crippen molar-refractivity contribution in [2.45, 2.75) is 38.0 Å². The van der Waals surface area contributed by atoms with Gasteiger partial charge in [-0.25, -0.2) is 12.4 Å². The lowest BCUT2D eigenvalue weighted by Gasteiger charge is -2.41. The van der Waals surface area contributed by atoms with Crippen LogP contribution >= 0.6 is 10.3 Å². The molecule has 0 aliphatic heterocycles. The summed E-state index contributed by atoms with van der Waals surface area (Å²) >= 11 is 0. The van der Waals surface area contributed by atoms with Gasteiger partial charge in [-0.1, -0.05) is 36.4 Å². The highest BCUT2D eigenvalue weighted by molar-refractivity contribution is 8.33. The van der Waals surface area contributed by atoms with E-state index in [2.05, 4.69) is 3.63 Å². The molecule has 0 atom stereocenters. The van der Waals surface area contributed by atoms with Crippen molar-refractivity contribution in [3.05, 3.63) is 90.5 Å². The maximum atomic E-state index is 15.1. The van der Waals surface area contributed by atoms with Crippen LogP contribution in [0, 0.1) is 11.6 Å². The molecule has 38 heavy (non-hydrogen) atoms. The van der Waals surface area contributed by atoms with Crippen LogP contribution in [0.2, 0.25) is 0 Å². The average Bonchev–Trinajstić information content (AvgIpc) is 2.83. The third-order valence-electron chi connectivity index (χ3n) is 4.98. The smallest absolute Gasteiger partial charge is 0.207 e. The zero-order chi connectivity index (χ0) is 28.8. The predicted molar refractivity (Wildman–Crippen MR) is 113 cm³/mol. The molecule has 16 heteroatoms. The lowest BCUT2D eigenvalue weighted by Crippen LogP contribution is -2.63. The fraction of sp³-hybridized carbons (Fsp3) is 0.182. The zero-order valence-electron chi connectivity index (χ0n) is 18.2. The summed E-state index contributed by atoms with van der Waals surface area (Å²) in [4.78, 5) is -1.99. The molecule has 0 saturated heterocycles. The topological polar surface area (TPSA) is 43.4 Å². The van der Waals surface area contributed by atoms with Crippen molar-refractivity contribution < 1.29 is 60.3 Å². The van der Waals surface area contributed by atoms with Crippen LogP contribution in [0.15, 0.2) is 93.5 Å². The third kappa shape index (κ3) is 4.62. The number of alkyl halides is 9. The van der Waals surface area contributed by atoms with Crippen molar-refractivity contribution in [3.8, 4) is 0 Å². The second-order valence-electron chi connectivity index (χ2n) is 7.44. The Hall–Kier alpha value is -2.85. The quantitative estimate of drug-likeness (QED) is 0.248. The van der Waals surface area contributed by atoms with Gasteiger partial charge in [-0.05, 0) is 46.7 Å². The molecule has 0 N–H and O–H groups in total. The van der Waals surface area contributed by atoms with Crippen molar-refractivity contribution in [1.82, 2.24) is 0 Å². The van der Waals surface area contributed by atoms with Crippen LogP contribution < -0.4 is 0 Å². The first kappa shape index (κ1) is 29.7. The summed E-state index contributed by atoms with van der Waals surface area (Å²) in [5.41, 5.74) is 0. The Morgan fingerprint density at radius 2 is 1.05 bits per heavy atom. The van der Waals surface area contributed by atoms with Crippen molar-refractivity contribution in [3.63, 3.8) is 0 Å². The predicted octanol–water partition coefficient (Wildman–Crippen LogP) is 7.93. The molecule has 0 aromatic heterocycles. The molecule has 0 spiro atoms. The normalized spacial score (nSPS) is 14.4. The van der Waals surface area contributed by atoms with Gasteiger partial charge in [0.15, 0.2) is 0 Å². The molecular formula is C22H13F11O3S2. The maximum Gasteiger partial charge on any atom is 0.460 e. The zero-order valence-corrected chi connectivity index (χ0v) is 19.8. The fourth-order valence-corrected chi connectivity index (χ4v) is 8.37. The van der Waals surface area contributed by atoms with Crippen LogP contribution in [0.1, 0.15) is 0 Å². The second kappa shape index (κ2) is 9.72. The first-order chi connectivity index (χ1) is 17.3. The first-order valence-corrected chi connectivity index (χ1v) is 12.8.